The van der Waals surface area contributed by atoms with Crippen LogP contribution in [0.5, 0.6) is 0 Å². The van der Waals surface area contributed by atoms with Crippen molar-refractivity contribution in [1.29, 1.82) is 0 Å². The van der Waals surface area contributed by atoms with Crippen LogP contribution in [0.2, 0.25) is 5.02 Å². The fourth-order valence-corrected chi connectivity index (χ4v) is 3.11. The van der Waals surface area contributed by atoms with E-state index in [4.69, 9.17) is 11.6 Å². The molecule has 1 N–H and O–H groups in total. The van der Waals surface area contributed by atoms with Gasteiger partial charge in [0, 0.05) is 23.7 Å². The van der Waals surface area contributed by atoms with Crippen molar-refractivity contribution in [3.05, 3.63) is 34.3 Å². The highest BCUT2D eigenvalue weighted by molar-refractivity contribution is 6.31. The Morgan fingerprint density at radius 1 is 1.38 bits per heavy atom. The Balaban J connectivity index is 2.12. The largest absolute Gasteiger partial charge is 0.338 e. The van der Waals surface area contributed by atoms with Crippen LogP contribution in [0.1, 0.15) is 42.1 Å². The molecule has 0 bridgehead atoms. The van der Waals surface area contributed by atoms with Gasteiger partial charge in [-0.2, -0.15) is 0 Å². The summed E-state index contributed by atoms with van der Waals surface area (Å²) in [4.78, 5) is 14.8. The second-order valence-corrected chi connectivity index (χ2v) is 6.26. The first kappa shape index (κ1) is 16.3. The molecule has 0 unspecified atom stereocenters. The average molecular weight is 309 g/mol. The van der Waals surface area contributed by atoms with Crippen molar-refractivity contribution < 1.29 is 4.79 Å². The predicted octanol–water partition coefficient (Wildman–Crippen LogP) is 3.50. The minimum absolute atomic E-state index is 0.121. The number of benzene rings is 1. The second-order valence-electron chi connectivity index (χ2n) is 5.86. The smallest absolute Gasteiger partial charge is 0.254 e. The summed E-state index contributed by atoms with van der Waals surface area (Å²) in [6.45, 7) is 7.84. The van der Waals surface area contributed by atoms with Gasteiger partial charge in [-0.25, -0.2) is 0 Å². The summed E-state index contributed by atoms with van der Waals surface area (Å²) >= 11 is 6.15. The highest BCUT2D eigenvalue weighted by Crippen LogP contribution is 2.22. The Morgan fingerprint density at radius 2 is 2.10 bits per heavy atom. The number of amides is 1. The van der Waals surface area contributed by atoms with E-state index in [1.165, 1.54) is 0 Å². The third kappa shape index (κ3) is 4.21. The third-order valence-corrected chi connectivity index (χ3v) is 4.63. The summed E-state index contributed by atoms with van der Waals surface area (Å²) < 4.78 is 0. The van der Waals surface area contributed by atoms with Gasteiger partial charge >= 0.3 is 0 Å². The van der Waals surface area contributed by atoms with E-state index in [-0.39, 0.29) is 5.91 Å². The summed E-state index contributed by atoms with van der Waals surface area (Å²) in [6.07, 6.45) is 3.29. The van der Waals surface area contributed by atoms with Crippen LogP contribution in [0.15, 0.2) is 18.2 Å². The lowest BCUT2D eigenvalue weighted by atomic mass is 9.97. The molecule has 1 aromatic carbocycles. The first-order chi connectivity index (χ1) is 10.1. The molecule has 21 heavy (non-hydrogen) atoms. The fraction of sp³-hybridized carbons (Fsp3) is 0.588. The molecule has 1 aliphatic rings. The molecule has 1 aliphatic heterocycles. The normalized spacial score (nSPS) is 16.0. The van der Waals surface area contributed by atoms with Crippen LogP contribution in [0.3, 0.4) is 0 Å². The molecule has 0 spiro atoms. The molecule has 0 aliphatic carbocycles. The SMILES string of the molecule is CCCN(CC1CCNCC1)C(=O)c1cccc(Cl)c1C. The Kier molecular flexibility index (Phi) is 6.07. The molecule has 0 saturated carbocycles. The molecule has 1 saturated heterocycles. The standard InChI is InChI=1S/C17H25ClN2O/c1-3-11-20(12-14-7-9-19-10-8-14)17(21)15-5-4-6-16(18)13(15)2/h4-6,14,19H,3,7-12H2,1-2H3. The van der Waals surface area contributed by atoms with E-state index in [2.05, 4.69) is 12.2 Å². The lowest BCUT2D eigenvalue weighted by Gasteiger charge is -2.30. The maximum Gasteiger partial charge on any atom is 0.254 e. The highest BCUT2D eigenvalue weighted by Gasteiger charge is 2.22. The zero-order chi connectivity index (χ0) is 15.2. The molecular formula is C17H25ClN2O. The van der Waals surface area contributed by atoms with Gasteiger partial charge in [0.2, 0.25) is 0 Å². The number of hydrogen-bond acceptors (Lipinski definition) is 2. The number of carbonyl (C=O) groups excluding carboxylic acids is 1. The van der Waals surface area contributed by atoms with Crippen molar-refractivity contribution >= 4 is 17.5 Å². The van der Waals surface area contributed by atoms with Gasteiger partial charge in [0.15, 0.2) is 0 Å². The highest BCUT2D eigenvalue weighted by atomic mass is 35.5. The van der Waals surface area contributed by atoms with Gasteiger partial charge in [-0.15, -0.1) is 0 Å². The van der Waals surface area contributed by atoms with Gasteiger partial charge in [-0.3, -0.25) is 4.79 Å². The number of nitrogens with one attached hydrogen (secondary N) is 1. The van der Waals surface area contributed by atoms with Crippen molar-refractivity contribution in [3.8, 4) is 0 Å². The van der Waals surface area contributed by atoms with Gasteiger partial charge in [0.1, 0.15) is 0 Å². The molecule has 1 fully saturated rings. The molecule has 1 aromatic rings. The molecule has 1 heterocycles. The molecule has 2 rings (SSSR count). The molecule has 116 valence electrons. The third-order valence-electron chi connectivity index (χ3n) is 4.22. The molecule has 1 amide bonds. The van der Waals surface area contributed by atoms with Gasteiger partial charge in [0.25, 0.3) is 5.91 Å². The fourth-order valence-electron chi connectivity index (χ4n) is 2.93. The first-order valence-electron chi connectivity index (χ1n) is 7.88. The zero-order valence-corrected chi connectivity index (χ0v) is 13.7. The van der Waals surface area contributed by atoms with Crippen LogP contribution in [0.25, 0.3) is 0 Å². The van der Waals surface area contributed by atoms with Crippen LogP contribution in [0.4, 0.5) is 0 Å². The van der Waals surface area contributed by atoms with E-state index < -0.39 is 0 Å². The van der Waals surface area contributed by atoms with Crippen LogP contribution < -0.4 is 5.32 Å². The maximum atomic E-state index is 12.8. The van der Waals surface area contributed by atoms with E-state index in [9.17, 15) is 4.79 Å². The number of halogens is 1. The predicted molar refractivity (Wildman–Crippen MR) is 88.0 cm³/mol. The minimum Gasteiger partial charge on any atom is -0.338 e. The summed E-state index contributed by atoms with van der Waals surface area (Å²) in [7, 11) is 0. The molecule has 0 atom stereocenters. The summed E-state index contributed by atoms with van der Waals surface area (Å²) in [6, 6.07) is 5.58. The van der Waals surface area contributed by atoms with Gasteiger partial charge < -0.3 is 10.2 Å². The van der Waals surface area contributed by atoms with E-state index in [0.29, 0.717) is 10.9 Å². The van der Waals surface area contributed by atoms with E-state index >= 15 is 0 Å². The Morgan fingerprint density at radius 3 is 2.76 bits per heavy atom. The van der Waals surface area contributed by atoms with Crippen molar-refractivity contribution in [2.24, 2.45) is 5.92 Å². The van der Waals surface area contributed by atoms with Crippen LogP contribution in [-0.4, -0.2) is 37.0 Å². The van der Waals surface area contributed by atoms with E-state index in [0.717, 1.165) is 56.6 Å². The Hall–Kier alpha value is -1.06. The van der Waals surface area contributed by atoms with Crippen LogP contribution in [0, 0.1) is 12.8 Å². The topological polar surface area (TPSA) is 32.3 Å². The minimum atomic E-state index is 0.121. The monoisotopic (exact) mass is 308 g/mol. The molecule has 3 nitrogen and oxygen atoms in total. The number of nitrogens with zero attached hydrogens (tertiary/aromatic N) is 1. The van der Waals surface area contributed by atoms with Crippen molar-refractivity contribution in [3.63, 3.8) is 0 Å². The lowest BCUT2D eigenvalue weighted by Crippen LogP contribution is -2.40. The van der Waals surface area contributed by atoms with Crippen molar-refractivity contribution in [2.75, 3.05) is 26.2 Å². The molecule has 0 radical (unpaired) electrons. The molecule has 4 heteroatoms. The van der Waals surface area contributed by atoms with Crippen molar-refractivity contribution in [1.82, 2.24) is 10.2 Å². The van der Waals surface area contributed by atoms with E-state index in [1.54, 1.807) is 0 Å². The van der Waals surface area contributed by atoms with Crippen LogP contribution in [-0.2, 0) is 0 Å². The van der Waals surface area contributed by atoms with Gasteiger partial charge in [-0.05, 0) is 62.9 Å². The van der Waals surface area contributed by atoms with E-state index in [1.807, 2.05) is 30.0 Å². The zero-order valence-electron chi connectivity index (χ0n) is 13.0. The molecular weight excluding hydrogens is 284 g/mol. The first-order valence-corrected chi connectivity index (χ1v) is 8.26. The number of hydrogen-bond donors (Lipinski definition) is 1. The Bertz CT molecular complexity index is 484. The quantitative estimate of drug-likeness (QED) is 0.903. The Labute approximate surface area is 132 Å². The van der Waals surface area contributed by atoms with Gasteiger partial charge in [-0.1, -0.05) is 24.6 Å². The lowest BCUT2D eigenvalue weighted by molar-refractivity contribution is 0.0715. The maximum absolute atomic E-state index is 12.8. The summed E-state index contributed by atoms with van der Waals surface area (Å²) in [5, 5.41) is 4.04. The number of piperidine rings is 1. The second kappa shape index (κ2) is 7.81. The average Bonchev–Trinajstić information content (AvgIpc) is 2.50. The van der Waals surface area contributed by atoms with Crippen molar-refractivity contribution in [2.45, 2.75) is 33.1 Å². The summed E-state index contributed by atoms with van der Waals surface area (Å²) in [5.41, 5.74) is 1.63. The summed E-state index contributed by atoms with van der Waals surface area (Å²) in [5.74, 6) is 0.733. The number of carbonyl (C=O) groups is 1. The van der Waals surface area contributed by atoms with Crippen LogP contribution >= 0.6 is 11.6 Å². The van der Waals surface area contributed by atoms with Gasteiger partial charge in [0.05, 0.1) is 0 Å². The molecule has 0 aromatic heterocycles. The number of rotatable bonds is 5.